The smallest absolute Gasteiger partial charge is 0.201 e. The average Bonchev–Trinajstić information content (AvgIpc) is 3.21. The van der Waals surface area contributed by atoms with Crippen molar-refractivity contribution in [3.05, 3.63) is 70.5 Å². The fourth-order valence-electron chi connectivity index (χ4n) is 2.05. The number of ketones is 1. The molecule has 2 aromatic carbocycles. The van der Waals surface area contributed by atoms with Crippen LogP contribution in [0, 0.1) is 5.82 Å². The van der Waals surface area contributed by atoms with Crippen molar-refractivity contribution >= 4 is 17.4 Å². The number of rotatable bonds is 3. The van der Waals surface area contributed by atoms with Crippen LogP contribution in [0.4, 0.5) is 4.39 Å². The number of epoxide rings is 1. The largest absolute Gasteiger partial charge is 0.356 e. The highest BCUT2D eigenvalue weighted by Gasteiger charge is 2.53. The number of carbonyl (C=O) groups is 1. The first-order valence-electron chi connectivity index (χ1n) is 5.82. The summed E-state index contributed by atoms with van der Waals surface area (Å²) in [5.41, 5.74) is 0.252. The van der Waals surface area contributed by atoms with Crippen LogP contribution in [0.2, 0.25) is 5.02 Å². The first kappa shape index (κ1) is 12.3. The van der Waals surface area contributed by atoms with Gasteiger partial charge in [0.05, 0.1) is 6.61 Å². The number of Topliss-reactive ketones (excluding diaryl/α,β-unsaturated/α-hetero) is 1. The molecule has 0 aromatic heterocycles. The number of benzene rings is 2. The van der Waals surface area contributed by atoms with Crippen molar-refractivity contribution in [1.29, 1.82) is 0 Å². The minimum atomic E-state index is -0.957. The van der Waals surface area contributed by atoms with Crippen LogP contribution in [0.25, 0.3) is 0 Å². The Morgan fingerprint density at radius 2 is 1.68 bits per heavy atom. The lowest BCUT2D eigenvalue weighted by atomic mass is 9.91. The van der Waals surface area contributed by atoms with Crippen LogP contribution in [-0.2, 0) is 10.3 Å². The lowest BCUT2D eigenvalue weighted by Gasteiger charge is -2.11. The number of ether oxygens (including phenoxy) is 1. The molecule has 3 rings (SSSR count). The van der Waals surface area contributed by atoms with Crippen LogP contribution in [0.1, 0.15) is 15.9 Å². The van der Waals surface area contributed by atoms with Crippen LogP contribution in [0.15, 0.2) is 48.5 Å². The van der Waals surface area contributed by atoms with Crippen molar-refractivity contribution in [3.8, 4) is 0 Å². The second-order valence-corrected chi connectivity index (χ2v) is 4.90. The lowest BCUT2D eigenvalue weighted by molar-refractivity contribution is 0.0871. The van der Waals surface area contributed by atoms with E-state index < -0.39 is 5.60 Å². The fourth-order valence-corrected chi connectivity index (χ4v) is 2.18. The van der Waals surface area contributed by atoms with Crippen molar-refractivity contribution in [2.24, 2.45) is 0 Å². The molecule has 19 heavy (non-hydrogen) atoms. The Bertz CT molecular complexity index is 616. The van der Waals surface area contributed by atoms with Crippen molar-refractivity contribution in [2.75, 3.05) is 6.61 Å². The average molecular weight is 277 g/mol. The fraction of sp³-hybridized carbons (Fsp3) is 0.133. The minimum absolute atomic E-state index is 0.129. The Hall–Kier alpha value is -1.71. The van der Waals surface area contributed by atoms with Gasteiger partial charge in [0, 0.05) is 10.6 Å². The molecule has 1 saturated heterocycles. The summed E-state index contributed by atoms with van der Waals surface area (Å²) in [7, 11) is 0. The third kappa shape index (κ3) is 2.15. The summed E-state index contributed by atoms with van der Waals surface area (Å²) in [5, 5.41) is 0.573. The molecule has 1 aliphatic heterocycles. The van der Waals surface area contributed by atoms with E-state index in [1.54, 1.807) is 36.4 Å². The first-order valence-corrected chi connectivity index (χ1v) is 6.20. The summed E-state index contributed by atoms with van der Waals surface area (Å²) in [6, 6.07) is 12.5. The van der Waals surface area contributed by atoms with E-state index in [0.29, 0.717) is 22.8 Å². The van der Waals surface area contributed by atoms with Crippen LogP contribution in [-0.4, -0.2) is 12.4 Å². The maximum Gasteiger partial charge on any atom is 0.201 e. The molecule has 2 aromatic rings. The number of hydrogen-bond donors (Lipinski definition) is 0. The Morgan fingerprint density at radius 3 is 2.21 bits per heavy atom. The Balaban J connectivity index is 1.94. The molecule has 0 bridgehead atoms. The standard InChI is InChI=1S/C15H10ClFO2/c16-12-5-1-10(2-6-12)14(18)15(9-19-15)11-3-7-13(17)8-4-11/h1-8H,9H2. The van der Waals surface area contributed by atoms with Gasteiger partial charge < -0.3 is 4.74 Å². The molecule has 1 atom stereocenters. The zero-order chi connectivity index (χ0) is 13.5. The number of hydrogen-bond acceptors (Lipinski definition) is 2. The van der Waals surface area contributed by atoms with Crippen LogP contribution in [0.3, 0.4) is 0 Å². The van der Waals surface area contributed by atoms with Gasteiger partial charge in [-0.15, -0.1) is 0 Å². The maximum atomic E-state index is 12.9. The Labute approximate surface area is 114 Å². The van der Waals surface area contributed by atoms with E-state index in [-0.39, 0.29) is 11.6 Å². The quantitative estimate of drug-likeness (QED) is 0.633. The SMILES string of the molecule is O=C(c1ccc(Cl)cc1)C1(c2ccc(F)cc2)CO1. The molecule has 0 N–H and O–H groups in total. The van der Waals surface area contributed by atoms with Gasteiger partial charge in [0.25, 0.3) is 0 Å². The zero-order valence-electron chi connectivity index (χ0n) is 9.90. The molecule has 1 heterocycles. The van der Waals surface area contributed by atoms with E-state index in [2.05, 4.69) is 0 Å². The molecule has 1 aliphatic rings. The summed E-state index contributed by atoms with van der Waals surface area (Å²) in [6.07, 6.45) is 0. The summed E-state index contributed by atoms with van der Waals surface area (Å²) in [6.45, 7) is 0.320. The summed E-state index contributed by atoms with van der Waals surface area (Å²) in [5.74, 6) is -0.464. The van der Waals surface area contributed by atoms with Gasteiger partial charge in [0.1, 0.15) is 5.82 Å². The van der Waals surface area contributed by atoms with Gasteiger partial charge in [-0.1, -0.05) is 23.7 Å². The normalized spacial score (nSPS) is 21.2. The minimum Gasteiger partial charge on any atom is -0.356 e. The predicted molar refractivity (Wildman–Crippen MR) is 69.8 cm³/mol. The van der Waals surface area contributed by atoms with Crippen molar-refractivity contribution in [3.63, 3.8) is 0 Å². The molecule has 1 fully saturated rings. The van der Waals surface area contributed by atoms with E-state index in [4.69, 9.17) is 16.3 Å². The maximum absolute atomic E-state index is 12.9. The van der Waals surface area contributed by atoms with Crippen LogP contribution < -0.4 is 0 Å². The van der Waals surface area contributed by atoms with E-state index in [0.717, 1.165) is 0 Å². The molecule has 0 amide bonds. The van der Waals surface area contributed by atoms with E-state index in [9.17, 15) is 9.18 Å². The first-order chi connectivity index (χ1) is 9.12. The monoisotopic (exact) mass is 276 g/mol. The molecule has 1 unspecified atom stereocenters. The molecule has 0 aliphatic carbocycles. The zero-order valence-corrected chi connectivity index (χ0v) is 10.7. The molecular formula is C15H10ClFO2. The second-order valence-electron chi connectivity index (χ2n) is 4.46. The van der Waals surface area contributed by atoms with Crippen molar-refractivity contribution in [2.45, 2.75) is 5.60 Å². The number of halogens is 2. The Kier molecular flexibility index (Phi) is 2.88. The van der Waals surface area contributed by atoms with Gasteiger partial charge in [-0.3, -0.25) is 4.79 Å². The van der Waals surface area contributed by atoms with Crippen LogP contribution in [0.5, 0.6) is 0 Å². The Morgan fingerprint density at radius 1 is 1.11 bits per heavy atom. The molecule has 0 radical (unpaired) electrons. The molecule has 2 nitrogen and oxygen atoms in total. The highest BCUT2D eigenvalue weighted by atomic mass is 35.5. The predicted octanol–water partition coefficient (Wildman–Crippen LogP) is 3.59. The molecular weight excluding hydrogens is 267 g/mol. The van der Waals surface area contributed by atoms with Gasteiger partial charge in [0.2, 0.25) is 5.78 Å². The highest BCUT2D eigenvalue weighted by Crippen LogP contribution is 2.41. The molecule has 96 valence electrons. The highest BCUT2D eigenvalue weighted by molar-refractivity contribution is 6.30. The summed E-state index contributed by atoms with van der Waals surface area (Å²) in [4.78, 5) is 12.5. The van der Waals surface area contributed by atoms with Crippen LogP contribution >= 0.6 is 11.6 Å². The topological polar surface area (TPSA) is 29.6 Å². The van der Waals surface area contributed by atoms with E-state index in [1.165, 1.54) is 12.1 Å². The number of carbonyl (C=O) groups excluding carboxylic acids is 1. The van der Waals surface area contributed by atoms with E-state index >= 15 is 0 Å². The second kappa shape index (κ2) is 4.44. The van der Waals surface area contributed by atoms with Gasteiger partial charge in [0.15, 0.2) is 5.60 Å². The molecule has 0 spiro atoms. The summed E-state index contributed by atoms with van der Waals surface area (Å²) >= 11 is 5.80. The summed E-state index contributed by atoms with van der Waals surface area (Å²) < 4.78 is 18.3. The molecule has 0 saturated carbocycles. The van der Waals surface area contributed by atoms with Gasteiger partial charge in [-0.05, 0) is 42.0 Å². The van der Waals surface area contributed by atoms with E-state index in [1.807, 2.05) is 0 Å². The third-order valence-corrected chi connectivity index (χ3v) is 3.47. The van der Waals surface area contributed by atoms with Gasteiger partial charge in [-0.2, -0.15) is 0 Å². The molecule has 4 heteroatoms. The van der Waals surface area contributed by atoms with Gasteiger partial charge in [-0.25, -0.2) is 4.39 Å². The third-order valence-electron chi connectivity index (χ3n) is 3.22. The lowest BCUT2D eigenvalue weighted by Crippen LogP contribution is -2.22. The van der Waals surface area contributed by atoms with Gasteiger partial charge >= 0.3 is 0 Å². The van der Waals surface area contributed by atoms with Crippen molar-refractivity contribution < 1.29 is 13.9 Å². The van der Waals surface area contributed by atoms with Crippen molar-refractivity contribution in [1.82, 2.24) is 0 Å².